The summed E-state index contributed by atoms with van der Waals surface area (Å²) < 4.78 is 0. The number of anilines is 1. The number of hydrogen-bond donors (Lipinski definition) is 3. The topological polar surface area (TPSA) is 95.1 Å². The number of amides is 1. The van der Waals surface area contributed by atoms with Gasteiger partial charge >= 0.3 is 0 Å². The number of thioether (sulfide) groups is 1. The molecule has 0 atom stereocenters. The molecule has 7 heteroatoms. The van der Waals surface area contributed by atoms with E-state index in [4.69, 9.17) is 5.11 Å². The van der Waals surface area contributed by atoms with Crippen molar-refractivity contribution in [3.05, 3.63) is 51.4 Å². The normalized spacial score (nSPS) is 10.9. The number of benzene rings is 1. The summed E-state index contributed by atoms with van der Waals surface area (Å²) in [6.45, 7) is 5.77. The molecule has 1 amide bonds. The lowest BCUT2D eigenvalue weighted by Gasteiger charge is -2.13. The predicted octanol–water partition coefficient (Wildman–Crippen LogP) is 2.47. The number of H-pyrrole nitrogens is 1. The van der Waals surface area contributed by atoms with Crippen LogP contribution in [0.15, 0.2) is 34.2 Å². The van der Waals surface area contributed by atoms with Crippen LogP contribution in [0.25, 0.3) is 0 Å². The highest BCUT2D eigenvalue weighted by Gasteiger charge is 2.12. The molecule has 2 aromatic rings. The first kappa shape index (κ1) is 19.2. The summed E-state index contributed by atoms with van der Waals surface area (Å²) in [4.78, 5) is 31.1. The van der Waals surface area contributed by atoms with Crippen molar-refractivity contribution in [1.29, 1.82) is 0 Å². The van der Waals surface area contributed by atoms with E-state index in [0.717, 1.165) is 11.3 Å². The number of aryl methyl sites for hydroxylation is 1. The molecule has 1 aromatic heterocycles. The Hall–Kier alpha value is -2.12. The molecule has 0 saturated carbocycles. The minimum Gasteiger partial charge on any atom is -0.396 e. The molecule has 3 N–H and O–H groups in total. The number of aliphatic hydroxyl groups is 1. The first-order valence-corrected chi connectivity index (χ1v) is 9.13. The van der Waals surface area contributed by atoms with Crippen LogP contribution < -0.4 is 10.9 Å². The molecule has 0 aliphatic carbocycles. The molecule has 0 aliphatic heterocycles. The summed E-state index contributed by atoms with van der Waals surface area (Å²) in [5, 5.41) is 12.3. The van der Waals surface area contributed by atoms with Crippen LogP contribution in [-0.2, 0) is 11.2 Å². The van der Waals surface area contributed by atoms with Gasteiger partial charge in [0.15, 0.2) is 5.16 Å². The van der Waals surface area contributed by atoms with Crippen LogP contribution in [-0.4, -0.2) is 33.3 Å². The van der Waals surface area contributed by atoms with Gasteiger partial charge in [-0.25, -0.2) is 4.98 Å². The molecule has 6 nitrogen and oxygen atoms in total. The Balaban J connectivity index is 2.02. The van der Waals surface area contributed by atoms with Crippen LogP contribution in [0.4, 0.5) is 5.69 Å². The molecule has 0 aliphatic rings. The Morgan fingerprint density at radius 3 is 2.72 bits per heavy atom. The number of nitrogens with zero attached hydrogens (tertiary/aromatic N) is 1. The van der Waals surface area contributed by atoms with Crippen molar-refractivity contribution in [3.63, 3.8) is 0 Å². The highest BCUT2D eigenvalue weighted by molar-refractivity contribution is 7.99. The van der Waals surface area contributed by atoms with Crippen molar-refractivity contribution >= 4 is 23.4 Å². The van der Waals surface area contributed by atoms with E-state index in [1.165, 1.54) is 11.8 Å². The Labute approximate surface area is 151 Å². The molecule has 134 valence electrons. The van der Waals surface area contributed by atoms with E-state index in [1.54, 1.807) is 6.92 Å². The lowest BCUT2D eigenvalue weighted by atomic mass is 10.0. The fraction of sp³-hybridized carbons (Fsp3) is 0.389. The average molecular weight is 361 g/mol. The fourth-order valence-electron chi connectivity index (χ4n) is 2.49. The highest BCUT2D eigenvalue weighted by atomic mass is 32.2. The van der Waals surface area contributed by atoms with Crippen LogP contribution in [0, 0.1) is 6.92 Å². The molecule has 1 aromatic carbocycles. The third-order valence-electron chi connectivity index (χ3n) is 3.76. The van der Waals surface area contributed by atoms with Crippen molar-refractivity contribution in [1.82, 2.24) is 9.97 Å². The Kier molecular flexibility index (Phi) is 6.78. The fourth-order valence-corrected chi connectivity index (χ4v) is 3.20. The summed E-state index contributed by atoms with van der Waals surface area (Å²) >= 11 is 1.18. The number of aromatic nitrogens is 2. The van der Waals surface area contributed by atoms with Gasteiger partial charge in [0.1, 0.15) is 0 Å². The van der Waals surface area contributed by atoms with Gasteiger partial charge < -0.3 is 15.4 Å². The zero-order valence-electron chi connectivity index (χ0n) is 14.6. The van der Waals surface area contributed by atoms with E-state index < -0.39 is 0 Å². The molecule has 0 spiro atoms. The summed E-state index contributed by atoms with van der Waals surface area (Å²) in [5.74, 6) is 0.301. The van der Waals surface area contributed by atoms with E-state index in [9.17, 15) is 9.59 Å². The van der Waals surface area contributed by atoms with Gasteiger partial charge in [-0.05, 0) is 24.5 Å². The smallest absolute Gasteiger partial charge is 0.255 e. The molecule has 0 fully saturated rings. The van der Waals surface area contributed by atoms with Gasteiger partial charge in [0.25, 0.3) is 5.56 Å². The number of para-hydroxylation sites is 1. The first-order valence-electron chi connectivity index (χ1n) is 8.14. The van der Waals surface area contributed by atoms with E-state index in [0.29, 0.717) is 22.3 Å². The van der Waals surface area contributed by atoms with Crippen molar-refractivity contribution < 1.29 is 9.90 Å². The Morgan fingerprint density at radius 1 is 1.36 bits per heavy atom. The summed E-state index contributed by atoms with van der Waals surface area (Å²) in [7, 11) is 0. The van der Waals surface area contributed by atoms with Gasteiger partial charge in [-0.1, -0.05) is 43.8 Å². The maximum atomic E-state index is 12.2. The zero-order chi connectivity index (χ0) is 18.4. The molecule has 2 rings (SSSR count). The quantitative estimate of drug-likeness (QED) is 0.520. The minimum absolute atomic E-state index is 0.101. The number of hydrogen-bond acceptors (Lipinski definition) is 5. The van der Waals surface area contributed by atoms with Gasteiger partial charge in [-0.2, -0.15) is 0 Å². The van der Waals surface area contributed by atoms with Crippen molar-refractivity contribution in [2.45, 2.75) is 38.3 Å². The first-order chi connectivity index (χ1) is 11.9. The second-order valence-corrected chi connectivity index (χ2v) is 6.95. The molecular formula is C18H23N3O3S. The van der Waals surface area contributed by atoms with Crippen LogP contribution in [0.2, 0.25) is 0 Å². The van der Waals surface area contributed by atoms with E-state index in [2.05, 4.69) is 29.1 Å². The summed E-state index contributed by atoms with van der Waals surface area (Å²) in [6, 6.07) is 7.71. The standard InChI is InChI=1S/C18H23N3O3S/c1-11(2)13-6-4-5-7-15(13)20-16(23)10-25-18-19-12(3)14(8-9-22)17(24)21-18/h4-7,11,22H,8-10H2,1-3H3,(H,20,23)(H,19,21,24). The minimum atomic E-state index is -0.269. The van der Waals surface area contributed by atoms with Crippen molar-refractivity contribution in [2.24, 2.45) is 0 Å². The molecular weight excluding hydrogens is 338 g/mol. The Morgan fingerprint density at radius 2 is 2.08 bits per heavy atom. The second kappa shape index (κ2) is 8.82. The maximum Gasteiger partial charge on any atom is 0.255 e. The average Bonchev–Trinajstić information content (AvgIpc) is 2.56. The van der Waals surface area contributed by atoms with Gasteiger partial charge in [0, 0.05) is 30.0 Å². The number of rotatable bonds is 7. The number of aromatic amines is 1. The number of aliphatic hydroxyl groups excluding tert-OH is 1. The number of carbonyl (C=O) groups excluding carboxylic acids is 1. The molecule has 25 heavy (non-hydrogen) atoms. The molecule has 0 radical (unpaired) electrons. The summed E-state index contributed by atoms with van der Waals surface area (Å²) in [5.41, 5.74) is 2.67. The highest BCUT2D eigenvalue weighted by Crippen LogP contribution is 2.24. The van der Waals surface area contributed by atoms with Crippen LogP contribution in [0.5, 0.6) is 0 Å². The van der Waals surface area contributed by atoms with Gasteiger partial charge in [0.2, 0.25) is 5.91 Å². The van der Waals surface area contributed by atoms with Crippen LogP contribution in [0.3, 0.4) is 0 Å². The third kappa shape index (κ3) is 5.17. The number of carbonyl (C=O) groups is 1. The van der Waals surface area contributed by atoms with Gasteiger partial charge in [-0.3, -0.25) is 9.59 Å². The van der Waals surface area contributed by atoms with Gasteiger partial charge in [-0.15, -0.1) is 0 Å². The van der Waals surface area contributed by atoms with E-state index >= 15 is 0 Å². The monoisotopic (exact) mass is 361 g/mol. The van der Waals surface area contributed by atoms with Crippen molar-refractivity contribution in [3.8, 4) is 0 Å². The van der Waals surface area contributed by atoms with Crippen molar-refractivity contribution in [2.75, 3.05) is 17.7 Å². The predicted molar refractivity (Wildman–Crippen MR) is 100 cm³/mol. The second-order valence-electron chi connectivity index (χ2n) is 5.99. The largest absolute Gasteiger partial charge is 0.396 e. The van der Waals surface area contributed by atoms with Crippen LogP contribution in [0.1, 0.15) is 36.6 Å². The molecule has 0 saturated heterocycles. The third-order valence-corrected chi connectivity index (χ3v) is 4.63. The Bertz CT molecular complexity index is 802. The number of nitrogens with one attached hydrogen (secondary N) is 2. The zero-order valence-corrected chi connectivity index (χ0v) is 15.4. The molecule has 0 bridgehead atoms. The van der Waals surface area contributed by atoms with E-state index in [1.807, 2.05) is 24.3 Å². The lowest BCUT2D eigenvalue weighted by molar-refractivity contribution is -0.113. The van der Waals surface area contributed by atoms with E-state index in [-0.39, 0.29) is 30.2 Å². The molecule has 0 unspecified atom stereocenters. The molecule has 1 heterocycles. The lowest BCUT2D eigenvalue weighted by Crippen LogP contribution is -2.20. The maximum absolute atomic E-state index is 12.2. The van der Waals surface area contributed by atoms with Crippen LogP contribution >= 0.6 is 11.8 Å². The summed E-state index contributed by atoms with van der Waals surface area (Å²) in [6.07, 6.45) is 0.269. The van der Waals surface area contributed by atoms with Gasteiger partial charge in [0.05, 0.1) is 5.75 Å². The SMILES string of the molecule is Cc1nc(SCC(=O)Nc2ccccc2C(C)C)[nH]c(=O)c1CCO.